The molecule has 1 aliphatic heterocycles. The maximum atomic E-state index is 13.0. The predicted octanol–water partition coefficient (Wildman–Crippen LogP) is 4.01. The van der Waals surface area contributed by atoms with Crippen molar-refractivity contribution < 1.29 is 19.6 Å². The number of Topliss-reactive ketones (excluding diaryl/α,β-unsaturated/α-hetero) is 1. The van der Waals surface area contributed by atoms with E-state index in [1.165, 1.54) is 29.2 Å². The molecule has 168 valence electrons. The maximum Gasteiger partial charge on any atom is 0.295 e. The van der Waals surface area contributed by atoms with E-state index < -0.39 is 22.7 Å². The van der Waals surface area contributed by atoms with Gasteiger partial charge in [-0.2, -0.15) is 0 Å². The number of nitro benzene ring substituents is 1. The van der Waals surface area contributed by atoms with E-state index in [1.807, 2.05) is 13.8 Å². The molecule has 1 amide bonds. The van der Waals surface area contributed by atoms with Gasteiger partial charge in [-0.15, -0.1) is 0 Å². The minimum atomic E-state index is -0.793. The molecule has 1 aliphatic rings. The lowest BCUT2D eigenvalue weighted by Crippen LogP contribution is -2.38. The second kappa shape index (κ2) is 9.93. The fourth-order valence-corrected chi connectivity index (χ4v) is 3.91. The summed E-state index contributed by atoms with van der Waals surface area (Å²) in [5, 5.41) is 22.4. The lowest BCUT2D eigenvalue weighted by Gasteiger charge is -2.28. The zero-order chi connectivity index (χ0) is 23.4. The van der Waals surface area contributed by atoms with E-state index in [0.717, 1.165) is 13.1 Å². The molecule has 0 saturated carbocycles. The molecule has 0 spiro atoms. The number of carbonyl (C=O) groups excluding carboxylic acids is 2. The number of likely N-dealkylation sites (N-methyl/N-ethyl adjacent to an activating group) is 1. The second-order valence-corrected chi connectivity index (χ2v) is 7.81. The van der Waals surface area contributed by atoms with Crippen LogP contribution in [0.15, 0.2) is 54.1 Å². The molecule has 1 heterocycles. The monoisotopic (exact) mass is 457 g/mol. The highest BCUT2D eigenvalue weighted by Gasteiger charge is 2.45. The number of carbonyl (C=O) groups is 2. The molecule has 0 aliphatic carbocycles. The zero-order valence-electron chi connectivity index (χ0n) is 17.8. The summed E-state index contributed by atoms with van der Waals surface area (Å²) < 4.78 is 0. The summed E-state index contributed by atoms with van der Waals surface area (Å²) >= 11 is 6.02. The van der Waals surface area contributed by atoms with Gasteiger partial charge in [-0.25, -0.2) is 0 Å². The highest BCUT2D eigenvalue weighted by Crippen LogP contribution is 2.39. The first kappa shape index (κ1) is 23.4. The van der Waals surface area contributed by atoms with Crippen molar-refractivity contribution in [3.8, 4) is 0 Å². The number of nitro groups is 1. The van der Waals surface area contributed by atoms with Crippen molar-refractivity contribution in [3.63, 3.8) is 0 Å². The standard InChI is InChI=1S/C23H24ClN3O5/c1-3-25(4-2)13-14-26-20(15-5-9-17(24)10-6-15)19(22(29)23(26)30)21(28)16-7-11-18(12-8-16)27(31)32/h5-12,20,28H,3-4,13-14H2,1-2H3/b21-19+/t20-/m0/s1. The van der Waals surface area contributed by atoms with Crippen LogP contribution in [0.25, 0.3) is 5.76 Å². The van der Waals surface area contributed by atoms with Crippen LogP contribution in [0.4, 0.5) is 5.69 Å². The number of ketones is 1. The Morgan fingerprint density at radius 1 is 1.09 bits per heavy atom. The van der Waals surface area contributed by atoms with E-state index in [9.17, 15) is 24.8 Å². The third kappa shape index (κ3) is 4.66. The van der Waals surface area contributed by atoms with E-state index in [4.69, 9.17) is 11.6 Å². The molecular formula is C23H24ClN3O5. The Bertz CT molecular complexity index is 1050. The van der Waals surface area contributed by atoms with E-state index in [0.29, 0.717) is 23.7 Å². The van der Waals surface area contributed by atoms with Crippen LogP contribution < -0.4 is 0 Å². The molecule has 8 nitrogen and oxygen atoms in total. The number of amides is 1. The minimum Gasteiger partial charge on any atom is -0.507 e. The van der Waals surface area contributed by atoms with Crippen LogP contribution >= 0.6 is 11.6 Å². The third-order valence-electron chi connectivity index (χ3n) is 5.63. The molecule has 1 fully saturated rings. The van der Waals surface area contributed by atoms with Gasteiger partial charge in [-0.3, -0.25) is 19.7 Å². The normalized spacial score (nSPS) is 17.9. The second-order valence-electron chi connectivity index (χ2n) is 7.37. The zero-order valence-corrected chi connectivity index (χ0v) is 18.6. The molecule has 0 bridgehead atoms. The topological polar surface area (TPSA) is 104 Å². The summed E-state index contributed by atoms with van der Waals surface area (Å²) in [7, 11) is 0. The number of aliphatic hydroxyl groups is 1. The van der Waals surface area contributed by atoms with Crippen molar-refractivity contribution in [2.24, 2.45) is 0 Å². The van der Waals surface area contributed by atoms with Crippen molar-refractivity contribution in [1.29, 1.82) is 0 Å². The van der Waals surface area contributed by atoms with Crippen LogP contribution in [-0.4, -0.2) is 57.7 Å². The van der Waals surface area contributed by atoms with Gasteiger partial charge in [0.25, 0.3) is 17.4 Å². The molecule has 2 aromatic carbocycles. The van der Waals surface area contributed by atoms with Gasteiger partial charge in [-0.05, 0) is 42.9 Å². The van der Waals surface area contributed by atoms with Crippen LogP contribution in [0.5, 0.6) is 0 Å². The van der Waals surface area contributed by atoms with Crippen molar-refractivity contribution in [3.05, 3.63) is 80.4 Å². The lowest BCUT2D eigenvalue weighted by molar-refractivity contribution is -0.384. The van der Waals surface area contributed by atoms with E-state index in [1.54, 1.807) is 24.3 Å². The first-order valence-electron chi connectivity index (χ1n) is 10.3. The van der Waals surface area contributed by atoms with Gasteiger partial charge in [0.1, 0.15) is 5.76 Å². The van der Waals surface area contributed by atoms with Crippen LogP contribution in [0.2, 0.25) is 5.02 Å². The highest BCUT2D eigenvalue weighted by atomic mass is 35.5. The summed E-state index contributed by atoms with van der Waals surface area (Å²) in [4.78, 5) is 39.9. The lowest BCUT2D eigenvalue weighted by atomic mass is 9.95. The van der Waals surface area contributed by atoms with Crippen molar-refractivity contribution in [2.45, 2.75) is 19.9 Å². The number of hydrogen-bond acceptors (Lipinski definition) is 6. The Kier molecular flexibility index (Phi) is 7.27. The summed E-state index contributed by atoms with van der Waals surface area (Å²) in [6, 6.07) is 11.1. The van der Waals surface area contributed by atoms with E-state index in [2.05, 4.69) is 4.90 Å². The van der Waals surface area contributed by atoms with Gasteiger partial charge in [0.2, 0.25) is 0 Å². The van der Waals surface area contributed by atoms with Crippen molar-refractivity contribution in [2.75, 3.05) is 26.2 Å². The molecule has 0 radical (unpaired) electrons. The summed E-state index contributed by atoms with van der Waals surface area (Å²) in [5.74, 6) is -1.86. The maximum absolute atomic E-state index is 13.0. The van der Waals surface area contributed by atoms with Crippen molar-refractivity contribution >= 4 is 34.7 Å². The van der Waals surface area contributed by atoms with Gasteiger partial charge in [-0.1, -0.05) is 37.6 Å². The first-order chi connectivity index (χ1) is 15.3. The Hall–Kier alpha value is -3.23. The Morgan fingerprint density at radius 2 is 1.69 bits per heavy atom. The summed E-state index contributed by atoms with van der Waals surface area (Å²) in [6.07, 6.45) is 0. The van der Waals surface area contributed by atoms with Crippen LogP contribution in [0.1, 0.15) is 31.0 Å². The molecular weight excluding hydrogens is 434 g/mol. The largest absolute Gasteiger partial charge is 0.507 e. The molecule has 1 N–H and O–H groups in total. The van der Waals surface area contributed by atoms with E-state index in [-0.39, 0.29) is 22.6 Å². The summed E-state index contributed by atoms with van der Waals surface area (Å²) in [6.45, 7) is 6.51. The predicted molar refractivity (Wildman–Crippen MR) is 121 cm³/mol. The van der Waals surface area contributed by atoms with Gasteiger partial charge in [0, 0.05) is 35.8 Å². The molecule has 1 atom stereocenters. The fourth-order valence-electron chi connectivity index (χ4n) is 3.79. The first-order valence-corrected chi connectivity index (χ1v) is 10.7. The van der Waals surface area contributed by atoms with Gasteiger partial charge in [0.05, 0.1) is 16.5 Å². The number of benzene rings is 2. The quantitative estimate of drug-likeness (QED) is 0.211. The molecule has 0 unspecified atom stereocenters. The average Bonchev–Trinajstić information content (AvgIpc) is 3.04. The molecule has 32 heavy (non-hydrogen) atoms. The van der Waals surface area contributed by atoms with Gasteiger partial charge < -0.3 is 14.9 Å². The van der Waals surface area contributed by atoms with Gasteiger partial charge in [0.15, 0.2) is 0 Å². The van der Waals surface area contributed by atoms with Crippen LogP contribution in [0, 0.1) is 10.1 Å². The average molecular weight is 458 g/mol. The number of halogens is 1. The minimum absolute atomic E-state index is 0.0503. The van der Waals surface area contributed by atoms with E-state index >= 15 is 0 Å². The number of hydrogen-bond donors (Lipinski definition) is 1. The molecule has 2 aromatic rings. The smallest absolute Gasteiger partial charge is 0.295 e. The Morgan fingerprint density at radius 3 is 2.22 bits per heavy atom. The number of rotatable bonds is 8. The molecule has 1 saturated heterocycles. The number of nitrogens with zero attached hydrogens (tertiary/aromatic N) is 3. The Balaban J connectivity index is 2.08. The van der Waals surface area contributed by atoms with Crippen LogP contribution in [0.3, 0.4) is 0 Å². The van der Waals surface area contributed by atoms with Gasteiger partial charge >= 0.3 is 0 Å². The number of likely N-dealkylation sites (tertiary alicyclic amines) is 1. The SMILES string of the molecule is CCN(CC)CCN1C(=O)C(=O)/C(=C(/O)c2ccc([N+](=O)[O-])cc2)[C@@H]1c1ccc(Cl)cc1. The molecule has 3 rings (SSSR count). The highest BCUT2D eigenvalue weighted by molar-refractivity contribution is 6.46. The fraction of sp³-hybridized carbons (Fsp3) is 0.304. The molecule has 0 aromatic heterocycles. The van der Waals surface area contributed by atoms with Crippen molar-refractivity contribution in [1.82, 2.24) is 9.80 Å². The van der Waals surface area contributed by atoms with Crippen LogP contribution in [-0.2, 0) is 9.59 Å². The summed E-state index contributed by atoms with van der Waals surface area (Å²) in [5.41, 5.74) is 0.661. The Labute approximate surface area is 190 Å². The third-order valence-corrected chi connectivity index (χ3v) is 5.88. The number of non-ortho nitro benzene ring substituents is 1. The number of aliphatic hydroxyl groups excluding tert-OH is 1. The molecule has 9 heteroatoms.